The zero-order valence-electron chi connectivity index (χ0n) is 21.9. The monoisotopic (exact) mass is 647 g/mol. The number of carbonyl (C=O) groups excluding carboxylic acids is 3. The summed E-state index contributed by atoms with van der Waals surface area (Å²) in [7, 11) is 1.54. The molecule has 0 unspecified atom stereocenters. The number of urea groups is 1. The number of anilines is 1. The van der Waals surface area contributed by atoms with E-state index >= 15 is 0 Å². The van der Waals surface area contributed by atoms with Crippen molar-refractivity contribution in [1.82, 2.24) is 10.2 Å². The minimum atomic E-state index is -0.660. The van der Waals surface area contributed by atoms with Crippen molar-refractivity contribution in [2.24, 2.45) is 0 Å². The molecule has 0 radical (unpaired) electrons. The molecule has 8 nitrogen and oxygen atoms in total. The van der Waals surface area contributed by atoms with E-state index in [-0.39, 0.29) is 5.70 Å². The van der Waals surface area contributed by atoms with Crippen LogP contribution in [-0.4, -0.2) is 36.4 Å². The molecule has 4 amide bonds. The number of methoxy groups -OCH3 is 1. The van der Waals surface area contributed by atoms with Gasteiger partial charge in [-0.15, -0.1) is 0 Å². The van der Waals surface area contributed by atoms with Gasteiger partial charge in [-0.2, -0.15) is 0 Å². The van der Waals surface area contributed by atoms with Gasteiger partial charge in [0.2, 0.25) is 5.91 Å². The minimum Gasteiger partial charge on any atom is -0.493 e. The highest BCUT2D eigenvalue weighted by Crippen LogP contribution is 2.35. The Bertz CT molecular complexity index is 1670. The number of halogens is 1. The Morgan fingerprint density at radius 1 is 1.00 bits per heavy atom. The summed E-state index contributed by atoms with van der Waals surface area (Å²) in [5, 5.41) is 7.57. The number of fused-ring (bicyclic) bond motifs is 1. The van der Waals surface area contributed by atoms with Gasteiger partial charge in [0.15, 0.2) is 11.5 Å². The third-order valence-corrected chi connectivity index (χ3v) is 7.13. The number of aryl methyl sites for hydroxylation is 1. The first-order valence-corrected chi connectivity index (χ1v) is 13.6. The van der Waals surface area contributed by atoms with Gasteiger partial charge in [-0.3, -0.25) is 9.59 Å². The maximum absolute atomic E-state index is 13.0. The summed E-state index contributed by atoms with van der Waals surface area (Å²) in [5.74, 6) is 0.00909. The molecule has 9 heteroatoms. The lowest BCUT2D eigenvalue weighted by Gasteiger charge is -2.14. The van der Waals surface area contributed by atoms with Crippen molar-refractivity contribution < 1.29 is 23.9 Å². The van der Waals surface area contributed by atoms with Crippen LogP contribution in [-0.2, 0) is 16.2 Å². The predicted molar refractivity (Wildman–Crippen MR) is 162 cm³/mol. The number of rotatable bonds is 8. The van der Waals surface area contributed by atoms with Crippen LogP contribution in [0.15, 0.2) is 84.6 Å². The van der Waals surface area contributed by atoms with Crippen LogP contribution in [0.1, 0.15) is 16.7 Å². The van der Waals surface area contributed by atoms with Crippen LogP contribution in [0.2, 0.25) is 0 Å². The second-order valence-corrected chi connectivity index (χ2v) is 10.5. The van der Waals surface area contributed by atoms with Crippen LogP contribution in [0.25, 0.3) is 16.8 Å². The van der Waals surface area contributed by atoms with Crippen molar-refractivity contribution >= 4 is 63.0 Å². The number of nitrogens with zero attached hydrogens (tertiary/aromatic N) is 1. The molecule has 1 aliphatic heterocycles. The molecule has 0 bridgehead atoms. The van der Waals surface area contributed by atoms with Gasteiger partial charge < -0.3 is 20.1 Å². The molecular weight excluding hydrogens is 621 g/mol. The normalized spacial score (nSPS) is 14.0. The molecule has 0 aliphatic carbocycles. The molecule has 1 heterocycles. The molecule has 2 N–H and O–H groups in total. The second-order valence-electron chi connectivity index (χ2n) is 9.30. The molecule has 1 aliphatic rings. The summed E-state index contributed by atoms with van der Waals surface area (Å²) in [5.41, 5.74) is 3.30. The summed E-state index contributed by atoms with van der Waals surface area (Å²) in [6.07, 6.45) is 1.55. The van der Waals surface area contributed by atoms with E-state index in [2.05, 4.69) is 57.5 Å². The smallest absolute Gasteiger partial charge is 0.329 e. The van der Waals surface area contributed by atoms with Gasteiger partial charge in [0.05, 0.1) is 10.7 Å². The average Bonchev–Trinajstić information content (AvgIpc) is 3.19. The molecule has 4 aromatic carbocycles. The fraction of sp³-hybridized carbons (Fsp3) is 0.129. The maximum Gasteiger partial charge on any atom is 0.329 e. The standard InChI is InChI=1S/C31H26IN3O5/c1-19-6-5-9-24(12-19)33-28(36)17-35-30(37)26(34-31(35)38)15-21-14-25(32)29(27(16-21)39-2)40-18-20-10-11-22-7-3-4-8-23(22)13-20/h3-16H,17-18H2,1-2H3,(H,33,36)(H,34,38)/b26-15+. The largest absolute Gasteiger partial charge is 0.493 e. The van der Waals surface area contributed by atoms with Gasteiger partial charge in [-0.25, -0.2) is 9.69 Å². The molecule has 0 atom stereocenters. The first-order chi connectivity index (χ1) is 19.3. The third kappa shape index (κ3) is 6.09. The maximum atomic E-state index is 13.0. The molecule has 5 rings (SSSR count). The average molecular weight is 647 g/mol. The lowest BCUT2D eigenvalue weighted by molar-refractivity contribution is -0.127. The Morgan fingerprint density at radius 2 is 1.80 bits per heavy atom. The second kappa shape index (κ2) is 11.8. The van der Waals surface area contributed by atoms with Gasteiger partial charge in [-0.05, 0) is 93.4 Å². The fourth-order valence-corrected chi connectivity index (χ4v) is 5.18. The summed E-state index contributed by atoms with van der Waals surface area (Å²) in [4.78, 5) is 38.8. The number of hydrogen-bond donors (Lipinski definition) is 2. The van der Waals surface area contributed by atoms with Gasteiger partial charge in [0.1, 0.15) is 18.8 Å². The number of benzene rings is 4. The SMILES string of the molecule is COc1cc(/C=C2/NC(=O)N(CC(=O)Nc3cccc(C)c3)C2=O)cc(I)c1OCc1ccc2ccccc2c1. The summed E-state index contributed by atoms with van der Waals surface area (Å²) in [6, 6.07) is 24.5. The number of nitrogens with one attached hydrogen (secondary N) is 2. The Balaban J connectivity index is 1.29. The lowest BCUT2D eigenvalue weighted by Crippen LogP contribution is -2.38. The van der Waals surface area contributed by atoms with E-state index in [1.165, 1.54) is 0 Å². The molecule has 0 aromatic heterocycles. The van der Waals surface area contributed by atoms with Gasteiger partial charge in [0.25, 0.3) is 5.91 Å². The van der Waals surface area contributed by atoms with Crippen molar-refractivity contribution in [2.75, 3.05) is 19.0 Å². The Morgan fingerprint density at radius 3 is 2.58 bits per heavy atom. The molecule has 1 fully saturated rings. The number of imide groups is 1. The first-order valence-electron chi connectivity index (χ1n) is 12.5. The summed E-state index contributed by atoms with van der Waals surface area (Å²) >= 11 is 2.15. The van der Waals surface area contributed by atoms with Gasteiger partial charge in [-0.1, -0.05) is 48.5 Å². The molecule has 1 saturated heterocycles. The quantitative estimate of drug-likeness (QED) is 0.142. The molecule has 202 valence electrons. The van der Waals surface area contributed by atoms with E-state index in [4.69, 9.17) is 9.47 Å². The first kappa shape index (κ1) is 27.2. The van der Waals surface area contributed by atoms with Crippen molar-refractivity contribution in [3.05, 3.63) is 105 Å². The zero-order valence-corrected chi connectivity index (χ0v) is 24.0. The Labute approximate surface area is 245 Å². The van der Waals surface area contributed by atoms with Crippen LogP contribution in [0.5, 0.6) is 11.5 Å². The molecule has 0 saturated carbocycles. The highest BCUT2D eigenvalue weighted by atomic mass is 127. The van der Waals surface area contributed by atoms with E-state index in [1.54, 1.807) is 31.4 Å². The fourth-order valence-electron chi connectivity index (χ4n) is 4.40. The van der Waals surface area contributed by atoms with Crippen molar-refractivity contribution in [3.8, 4) is 11.5 Å². The highest BCUT2D eigenvalue weighted by molar-refractivity contribution is 14.1. The lowest BCUT2D eigenvalue weighted by atomic mass is 10.1. The van der Waals surface area contributed by atoms with Crippen LogP contribution >= 0.6 is 22.6 Å². The highest BCUT2D eigenvalue weighted by Gasteiger charge is 2.35. The molecule has 40 heavy (non-hydrogen) atoms. The summed E-state index contributed by atoms with van der Waals surface area (Å²) in [6.45, 7) is 1.86. The predicted octanol–water partition coefficient (Wildman–Crippen LogP) is 5.87. The molecular formula is C31H26IN3O5. The van der Waals surface area contributed by atoms with Crippen LogP contribution in [0, 0.1) is 10.5 Å². The number of ether oxygens (including phenoxy) is 2. The summed E-state index contributed by atoms with van der Waals surface area (Å²) < 4.78 is 12.5. The van der Waals surface area contributed by atoms with Crippen molar-refractivity contribution in [3.63, 3.8) is 0 Å². The zero-order chi connectivity index (χ0) is 28.2. The molecule has 4 aromatic rings. The van der Waals surface area contributed by atoms with Crippen molar-refractivity contribution in [1.29, 1.82) is 0 Å². The van der Waals surface area contributed by atoms with Crippen LogP contribution < -0.4 is 20.1 Å². The van der Waals surface area contributed by atoms with E-state index in [9.17, 15) is 14.4 Å². The Hall–Kier alpha value is -4.38. The Kier molecular flexibility index (Phi) is 8.01. The minimum absolute atomic E-state index is 0.0658. The molecule has 0 spiro atoms. The van der Waals surface area contributed by atoms with E-state index < -0.39 is 24.4 Å². The van der Waals surface area contributed by atoms with E-state index in [1.807, 2.05) is 43.3 Å². The van der Waals surface area contributed by atoms with Crippen LogP contribution in [0.4, 0.5) is 10.5 Å². The van der Waals surface area contributed by atoms with E-state index in [0.717, 1.165) is 30.4 Å². The number of carbonyl (C=O) groups is 3. The number of hydrogen-bond acceptors (Lipinski definition) is 5. The van der Waals surface area contributed by atoms with Gasteiger partial charge >= 0.3 is 6.03 Å². The van der Waals surface area contributed by atoms with E-state index in [0.29, 0.717) is 29.4 Å². The number of amides is 4. The topological polar surface area (TPSA) is 97.0 Å². The third-order valence-electron chi connectivity index (χ3n) is 6.33. The van der Waals surface area contributed by atoms with Gasteiger partial charge in [0, 0.05) is 5.69 Å². The van der Waals surface area contributed by atoms with Crippen LogP contribution in [0.3, 0.4) is 0 Å². The van der Waals surface area contributed by atoms with Crippen molar-refractivity contribution in [2.45, 2.75) is 13.5 Å².